The summed E-state index contributed by atoms with van der Waals surface area (Å²) in [5.74, 6) is 0. The van der Waals surface area contributed by atoms with Crippen molar-refractivity contribution in [2.24, 2.45) is 0 Å². The maximum absolute atomic E-state index is 3.29. The predicted octanol–water partition coefficient (Wildman–Crippen LogP) is 23.5. The molecule has 0 bridgehead atoms. The summed E-state index contributed by atoms with van der Waals surface area (Å²) in [6.07, 6.45) is 10.5. The Labute approximate surface area is 483 Å². The van der Waals surface area contributed by atoms with Crippen molar-refractivity contribution in [1.29, 1.82) is 0 Å². The predicted molar refractivity (Wildman–Crippen MR) is 360 cm³/mol. The number of benzene rings is 5. The summed E-state index contributed by atoms with van der Waals surface area (Å²) < 4.78 is 2.47. The molecule has 5 heteroatoms. The van der Waals surface area contributed by atoms with Crippen LogP contribution in [0.1, 0.15) is 220 Å². The molecule has 1 aliphatic rings. The van der Waals surface area contributed by atoms with Gasteiger partial charge in [0.25, 0.3) is 0 Å². The van der Waals surface area contributed by atoms with Crippen molar-refractivity contribution in [2.45, 2.75) is 227 Å². The number of nitrogens with one attached hydrogen (secondary N) is 4. The fourth-order valence-electron chi connectivity index (χ4n) is 9.17. The zero-order valence-corrected chi connectivity index (χ0v) is 53.9. The van der Waals surface area contributed by atoms with Crippen molar-refractivity contribution in [3.63, 3.8) is 0 Å². The average Bonchev–Trinajstić information content (AvgIpc) is 4.29. The SMILES string of the molecule is C.CC.CC.CC.CC.CC.CC(C)(C)c1ccc2[nH]ccc2c1.CC(C)(C)c1ccc2c(c1)cc1n2CCC1.CC(C)(C)c1ccc2cc[nH]c2c1.CC(C)(C)c1cccc2[nH]ccc12.CC(C)(C)c1cccc2cc[nH]c12. The average molecular weight is 1070 g/mol. The molecule has 5 nitrogen and oxygen atoms in total. The normalized spacial score (nSPS) is 11.6. The van der Waals surface area contributed by atoms with Crippen LogP contribution in [0.5, 0.6) is 0 Å². The number of hydrogen-bond donors (Lipinski definition) is 4. The van der Waals surface area contributed by atoms with E-state index < -0.39 is 0 Å². The summed E-state index contributed by atoms with van der Waals surface area (Å²) in [7, 11) is 0. The first-order valence-corrected chi connectivity index (χ1v) is 29.8. The number of nitrogens with zero attached hydrogens (tertiary/aromatic N) is 1. The molecule has 4 N–H and O–H groups in total. The Hall–Kier alpha value is -6.20. The second-order valence-electron chi connectivity index (χ2n) is 24.0. The number of aryl methyl sites for hydroxylation is 2. The van der Waals surface area contributed by atoms with Crippen LogP contribution >= 0.6 is 0 Å². The molecular weight excluding hydrogens is 959 g/mol. The van der Waals surface area contributed by atoms with Crippen LogP contribution in [0.4, 0.5) is 0 Å². The molecule has 0 saturated heterocycles. The molecule has 0 amide bonds. The number of hydrogen-bond acceptors (Lipinski definition) is 0. The summed E-state index contributed by atoms with van der Waals surface area (Å²) >= 11 is 0. The Morgan fingerprint density at radius 2 is 0.810 bits per heavy atom. The Morgan fingerprint density at radius 1 is 0.354 bits per heavy atom. The van der Waals surface area contributed by atoms with Gasteiger partial charge in [0, 0.05) is 75.4 Å². The summed E-state index contributed by atoms with van der Waals surface area (Å²) in [5, 5.41) is 6.64. The Kier molecular flexibility index (Phi) is 28.8. The molecule has 434 valence electrons. The maximum Gasteiger partial charge on any atom is 0.0491 e. The van der Waals surface area contributed by atoms with Gasteiger partial charge < -0.3 is 24.5 Å². The molecule has 0 saturated carbocycles. The van der Waals surface area contributed by atoms with E-state index >= 15 is 0 Å². The molecule has 0 aliphatic carbocycles. The van der Waals surface area contributed by atoms with Gasteiger partial charge in [-0.15, -0.1) is 0 Å². The number of rotatable bonds is 0. The van der Waals surface area contributed by atoms with E-state index in [9.17, 15) is 0 Å². The highest BCUT2D eigenvalue weighted by Crippen LogP contribution is 2.33. The quantitative estimate of drug-likeness (QED) is 0.117. The minimum atomic E-state index is 0. The van der Waals surface area contributed by atoms with Crippen LogP contribution in [0.2, 0.25) is 0 Å². The van der Waals surface area contributed by atoms with Crippen LogP contribution < -0.4 is 0 Å². The highest BCUT2D eigenvalue weighted by Gasteiger charge is 2.20. The van der Waals surface area contributed by atoms with Gasteiger partial charge in [0.2, 0.25) is 0 Å². The monoisotopic (exact) mass is 1070 g/mol. The van der Waals surface area contributed by atoms with Gasteiger partial charge in [-0.1, -0.05) is 235 Å². The Bertz CT molecular complexity index is 3060. The molecule has 0 fully saturated rings. The number of H-pyrrole nitrogens is 4. The van der Waals surface area contributed by atoms with Crippen molar-refractivity contribution in [1.82, 2.24) is 24.5 Å². The van der Waals surface area contributed by atoms with E-state index in [-0.39, 0.29) is 34.5 Å². The lowest BCUT2D eigenvalue weighted by atomic mass is 9.85. The minimum absolute atomic E-state index is 0. The third-order valence-electron chi connectivity index (χ3n) is 13.3. The van der Waals surface area contributed by atoms with Gasteiger partial charge in [0.05, 0.1) is 0 Å². The summed E-state index contributed by atoms with van der Waals surface area (Å²) in [6.45, 7) is 54.9. The van der Waals surface area contributed by atoms with E-state index in [0.29, 0.717) is 0 Å². The van der Waals surface area contributed by atoms with Crippen molar-refractivity contribution in [3.05, 3.63) is 180 Å². The van der Waals surface area contributed by atoms with Gasteiger partial charge in [-0.3, -0.25) is 0 Å². The van der Waals surface area contributed by atoms with Gasteiger partial charge in [-0.05, 0) is 151 Å². The first-order valence-electron chi connectivity index (χ1n) is 29.8. The van der Waals surface area contributed by atoms with E-state index in [4.69, 9.17) is 0 Å². The van der Waals surface area contributed by atoms with Crippen LogP contribution in [-0.2, 0) is 40.0 Å². The summed E-state index contributed by atoms with van der Waals surface area (Å²) in [5.41, 5.74) is 16.0. The summed E-state index contributed by atoms with van der Waals surface area (Å²) in [4.78, 5) is 13.0. The second kappa shape index (κ2) is 32.2. The Balaban J connectivity index is 0.000000474. The lowest BCUT2D eigenvalue weighted by Crippen LogP contribution is -2.11. The lowest BCUT2D eigenvalue weighted by Gasteiger charge is -2.19. The van der Waals surface area contributed by atoms with E-state index in [2.05, 4.69) is 250 Å². The van der Waals surface area contributed by atoms with E-state index in [0.717, 1.165) is 0 Å². The van der Waals surface area contributed by atoms with Crippen LogP contribution in [-0.4, -0.2) is 24.5 Å². The molecule has 79 heavy (non-hydrogen) atoms. The van der Waals surface area contributed by atoms with E-state index in [1.807, 2.05) is 94.0 Å². The van der Waals surface area contributed by atoms with E-state index in [1.165, 1.54) is 107 Å². The molecule has 6 heterocycles. The fraction of sp³-hybridized carbons (Fsp3) is 0.459. The van der Waals surface area contributed by atoms with Crippen LogP contribution in [0, 0.1) is 0 Å². The van der Waals surface area contributed by atoms with Crippen molar-refractivity contribution in [2.75, 3.05) is 0 Å². The fourth-order valence-corrected chi connectivity index (χ4v) is 9.17. The molecular formula is C74H113N5. The number of fused-ring (bicyclic) bond motifs is 7. The largest absolute Gasteiger partial charge is 0.361 e. The molecule has 1 aliphatic heterocycles. The van der Waals surface area contributed by atoms with Gasteiger partial charge >= 0.3 is 0 Å². The smallest absolute Gasteiger partial charge is 0.0491 e. The van der Waals surface area contributed by atoms with Crippen LogP contribution in [0.25, 0.3) is 54.5 Å². The first kappa shape index (κ1) is 70.8. The van der Waals surface area contributed by atoms with Gasteiger partial charge in [0.15, 0.2) is 0 Å². The highest BCUT2D eigenvalue weighted by molar-refractivity contribution is 5.85. The topological polar surface area (TPSA) is 68.1 Å². The minimum Gasteiger partial charge on any atom is -0.361 e. The zero-order chi connectivity index (χ0) is 59.2. The second-order valence-corrected chi connectivity index (χ2v) is 24.0. The van der Waals surface area contributed by atoms with Crippen LogP contribution in [0.15, 0.2) is 146 Å². The Morgan fingerprint density at radius 3 is 1.39 bits per heavy atom. The zero-order valence-electron chi connectivity index (χ0n) is 53.9. The van der Waals surface area contributed by atoms with Gasteiger partial charge in [0.1, 0.15) is 0 Å². The van der Waals surface area contributed by atoms with Crippen molar-refractivity contribution in [3.8, 4) is 0 Å². The number of aromatic nitrogens is 5. The van der Waals surface area contributed by atoms with E-state index in [1.54, 1.807) is 0 Å². The lowest BCUT2D eigenvalue weighted by molar-refractivity contribution is 0.591. The maximum atomic E-state index is 3.29. The van der Waals surface area contributed by atoms with Gasteiger partial charge in [-0.25, -0.2) is 0 Å². The third-order valence-corrected chi connectivity index (χ3v) is 13.3. The van der Waals surface area contributed by atoms with Crippen molar-refractivity contribution < 1.29 is 0 Å². The molecule has 5 aromatic heterocycles. The molecule has 0 atom stereocenters. The number of para-hydroxylation sites is 1. The van der Waals surface area contributed by atoms with Gasteiger partial charge in [-0.2, -0.15) is 0 Å². The molecule has 10 aromatic rings. The first-order chi connectivity index (χ1) is 36.9. The molecule has 0 unspecified atom stereocenters. The molecule has 0 radical (unpaired) electrons. The molecule has 5 aromatic carbocycles. The molecule has 0 spiro atoms. The standard InChI is InChI=1S/C15H19N.4C12H15N.5C2H6.CH4/c1-15(2,3)12-6-7-14-11(9-12)10-13-5-4-8-16(13)14;1-12(2,3)10-4-5-11-9(8-10)6-7-13-11;1-12(2,3)10-5-4-9-6-7-13-11(9)8-10;1-12(2,3)10-5-4-6-11-9(10)7-8-13-11;1-12(2,3)10-6-4-5-9-7-8-13-11(9)10;5*1-2;/h6-7,9-10H,4-5,8H2,1-3H3;4*4-8,13H,1-3H3;5*1-2H3;1H4. The number of aromatic amines is 4. The van der Waals surface area contributed by atoms with Crippen molar-refractivity contribution >= 4 is 54.5 Å². The summed E-state index contributed by atoms with van der Waals surface area (Å²) in [6, 6.07) is 43.9. The molecule has 11 rings (SSSR count). The van der Waals surface area contributed by atoms with Crippen LogP contribution in [0.3, 0.4) is 0 Å². The third kappa shape index (κ3) is 19.8. The highest BCUT2D eigenvalue weighted by atomic mass is 15.0.